The SMILES string of the molecule is CS(=O)(=O)OCCc1cccnc1[N+](=O)[O-]. The maximum absolute atomic E-state index is 10.7. The van der Waals surface area contributed by atoms with E-state index in [4.69, 9.17) is 0 Å². The van der Waals surface area contributed by atoms with Crippen molar-refractivity contribution < 1.29 is 17.5 Å². The molecule has 1 aromatic heterocycles. The highest BCUT2D eigenvalue weighted by molar-refractivity contribution is 7.85. The molecule has 0 unspecified atom stereocenters. The summed E-state index contributed by atoms with van der Waals surface area (Å²) in [4.78, 5) is 13.5. The van der Waals surface area contributed by atoms with Crippen LogP contribution in [0.5, 0.6) is 0 Å². The Balaban J connectivity index is 2.71. The molecule has 0 saturated heterocycles. The van der Waals surface area contributed by atoms with E-state index in [0.717, 1.165) is 6.26 Å². The maximum Gasteiger partial charge on any atom is 0.366 e. The first kappa shape index (κ1) is 12.5. The van der Waals surface area contributed by atoms with Crippen LogP contribution < -0.4 is 0 Å². The smallest absolute Gasteiger partial charge is 0.358 e. The lowest BCUT2D eigenvalue weighted by molar-refractivity contribution is -0.390. The first-order chi connectivity index (χ1) is 7.40. The van der Waals surface area contributed by atoms with E-state index in [-0.39, 0.29) is 18.8 Å². The zero-order valence-electron chi connectivity index (χ0n) is 8.49. The van der Waals surface area contributed by atoms with Gasteiger partial charge in [-0.05, 0) is 22.0 Å². The van der Waals surface area contributed by atoms with Crippen molar-refractivity contribution in [1.82, 2.24) is 4.98 Å². The number of hydrogen-bond donors (Lipinski definition) is 0. The molecule has 0 radical (unpaired) electrons. The third-order valence-corrected chi connectivity index (χ3v) is 2.30. The third-order valence-electron chi connectivity index (χ3n) is 1.71. The van der Waals surface area contributed by atoms with E-state index < -0.39 is 15.0 Å². The highest BCUT2D eigenvalue weighted by Gasteiger charge is 2.14. The predicted molar refractivity (Wildman–Crippen MR) is 55.4 cm³/mol. The molecule has 0 saturated carbocycles. The first-order valence-corrected chi connectivity index (χ1v) is 6.14. The van der Waals surface area contributed by atoms with Crippen LogP contribution in [0.2, 0.25) is 0 Å². The summed E-state index contributed by atoms with van der Waals surface area (Å²) in [6.07, 6.45) is 2.35. The average molecular weight is 246 g/mol. The second kappa shape index (κ2) is 4.99. The van der Waals surface area contributed by atoms with Gasteiger partial charge in [0.25, 0.3) is 10.1 Å². The van der Waals surface area contributed by atoms with Crippen molar-refractivity contribution in [3.8, 4) is 0 Å². The molecule has 0 atom stereocenters. The first-order valence-electron chi connectivity index (χ1n) is 4.33. The fraction of sp³-hybridized carbons (Fsp3) is 0.375. The molecule has 0 aromatic carbocycles. The molecule has 16 heavy (non-hydrogen) atoms. The van der Waals surface area contributed by atoms with Crippen molar-refractivity contribution >= 4 is 15.9 Å². The Morgan fingerprint density at radius 2 is 2.25 bits per heavy atom. The monoisotopic (exact) mass is 246 g/mol. The van der Waals surface area contributed by atoms with Gasteiger partial charge in [0.1, 0.15) is 6.20 Å². The maximum atomic E-state index is 10.7. The lowest BCUT2D eigenvalue weighted by Crippen LogP contribution is -2.07. The Morgan fingerprint density at radius 1 is 1.56 bits per heavy atom. The van der Waals surface area contributed by atoms with E-state index in [1.165, 1.54) is 12.3 Å². The number of hydrogen-bond acceptors (Lipinski definition) is 6. The largest absolute Gasteiger partial charge is 0.366 e. The summed E-state index contributed by atoms with van der Waals surface area (Å²) >= 11 is 0. The quantitative estimate of drug-likeness (QED) is 0.426. The predicted octanol–water partition coefficient (Wildman–Crippen LogP) is 0.509. The Kier molecular flexibility index (Phi) is 3.91. The summed E-state index contributed by atoms with van der Waals surface area (Å²) < 4.78 is 25.8. The fourth-order valence-corrected chi connectivity index (χ4v) is 1.48. The van der Waals surface area contributed by atoms with Crippen molar-refractivity contribution in [3.05, 3.63) is 34.0 Å². The zero-order valence-corrected chi connectivity index (χ0v) is 9.31. The standard InChI is InChI=1S/C8H10N2O5S/c1-16(13,14)15-6-4-7-3-2-5-9-8(7)10(11)12/h2-3,5H,4,6H2,1H3. The van der Waals surface area contributed by atoms with Gasteiger partial charge in [-0.1, -0.05) is 0 Å². The van der Waals surface area contributed by atoms with E-state index in [1.807, 2.05) is 0 Å². The van der Waals surface area contributed by atoms with Crippen LogP contribution in [0.1, 0.15) is 5.56 Å². The molecule has 0 amide bonds. The summed E-state index contributed by atoms with van der Waals surface area (Å²) in [5.41, 5.74) is 0.344. The fourth-order valence-electron chi connectivity index (χ4n) is 1.09. The van der Waals surface area contributed by atoms with Crippen molar-refractivity contribution in [3.63, 3.8) is 0 Å². The van der Waals surface area contributed by atoms with Gasteiger partial charge in [0.05, 0.1) is 18.4 Å². The lowest BCUT2D eigenvalue weighted by Gasteiger charge is -2.02. The lowest BCUT2D eigenvalue weighted by atomic mass is 10.2. The Hall–Kier alpha value is -1.54. The number of aromatic nitrogens is 1. The van der Waals surface area contributed by atoms with Crippen LogP contribution in [0, 0.1) is 10.1 Å². The zero-order chi connectivity index (χ0) is 12.2. The minimum atomic E-state index is -3.52. The summed E-state index contributed by atoms with van der Waals surface area (Å²) in [6, 6.07) is 3.06. The molecule has 88 valence electrons. The second-order valence-electron chi connectivity index (χ2n) is 3.02. The number of nitro groups is 1. The molecule has 1 rings (SSSR count). The minimum Gasteiger partial charge on any atom is -0.358 e. The van der Waals surface area contributed by atoms with Gasteiger partial charge in [-0.15, -0.1) is 0 Å². The van der Waals surface area contributed by atoms with E-state index in [9.17, 15) is 18.5 Å². The summed E-state index contributed by atoms with van der Waals surface area (Å²) in [5.74, 6) is -0.278. The average Bonchev–Trinajstić information content (AvgIpc) is 2.16. The van der Waals surface area contributed by atoms with E-state index in [0.29, 0.717) is 5.56 Å². The molecule has 0 fully saturated rings. The molecular formula is C8H10N2O5S. The van der Waals surface area contributed by atoms with Gasteiger partial charge in [-0.3, -0.25) is 4.18 Å². The van der Waals surface area contributed by atoms with Crippen LogP contribution in [0.25, 0.3) is 0 Å². The van der Waals surface area contributed by atoms with Crippen LogP contribution >= 0.6 is 0 Å². The number of rotatable bonds is 5. The van der Waals surface area contributed by atoms with Gasteiger partial charge in [-0.2, -0.15) is 8.42 Å². The Labute approximate surface area is 92.3 Å². The second-order valence-corrected chi connectivity index (χ2v) is 4.66. The third kappa shape index (κ3) is 3.91. The van der Waals surface area contributed by atoms with Crippen LogP contribution in [-0.4, -0.2) is 31.2 Å². The van der Waals surface area contributed by atoms with Crippen LogP contribution in [-0.2, 0) is 20.7 Å². The highest BCUT2D eigenvalue weighted by Crippen LogP contribution is 2.14. The van der Waals surface area contributed by atoms with Gasteiger partial charge in [0.2, 0.25) is 0 Å². The van der Waals surface area contributed by atoms with Gasteiger partial charge >= 0.3 is 5.82 Å². The van der Waals surface area contributed by atoms with Crippen molar-refractivity contribution in [2.24, 2.45) is 0 Å². The van der Waals surface area contributed by atoms with Crippen molar-refractivity contribution in [2.75, 3.05) is 12.9 Å². The molecule has 0 N–H and O–H groups in total. The molecule has 0 aliphatic carbocycles. The van der Waals surface area contributed by atoms with Crippen molar-refractivity contribution in [2.45, 2.75) is 6.42 Å². The molecule has 8 heteroatoms. The molecule has 1 aromatic rings. The van der Waals surface area contributed by atoms with Crippen LogP contribution in [0.4, 0.5) is 5.82 Å². The highest BCUT2D eigenvalue weighted by atomic mass is 32.2. The van der Waals surface area contributed by atoms with E-state index in [1.54, 1.807) is 6.07 Å². The molecule has 0 bridgehead atoms. The molecular weight excluding hydrogens is 236 g/mol. The minimum absolute atomic E-state index is 0.122. The van der Waals surface area contributed by atoms with E-state index in [2.05, 4.69) is 9.17 Å². The summed E-state index contributed by atoms with van der Waals surface area (Å²) in [7, 11) is -3.52. The topological polar surface area (TPSA) is 99.4 Å². The molecule has 7 nitrogen and oxygen atoms in total. The normalized spacial score (nSPS) is 11.3. The molecule has 0 spiro atoms. The van der Waals surface area contributed by atoms with Crippen molar-refractivity contribution in [1.29, 1.82) is 0 Å². The van der Waals surface area contributed by atoms with Gasteiger partial charge in [0, 0.05) is 6.42 Å². The van der Waals surface area contributed by atoms with Crippen LogP contribution in [0.15, 0.2) is 18.3 Å². The summed E-state index contributed by atoms with van der Waals surface area (Å²) in [6.45, 7) is -0.134. The van der Waals surface area contributed by atoms with E-state index >= 15 is 0 Å². The number of nitrogens with zero attached hydrogens (tertiary/aromatic N) is 2. The Bertz CT molecular complexity index is 485. The van der Waals surface area contributed by atoms with Gasteiger partial charge in [0.15, 0.2) is 0 Å². The number of pyridine rings is 1. The van der Waals surface area contributed by atoms with Gasteiger partial charge < -0.3 is 10.1 Å². The molecule has 1 heterocycles. The Morgan fingerprint density at radius 3 is 2.81 bits per heavy atom. The molecule has 0 aliphatic heterocycles. The van der Waals surface area contributed by atoms with Crippen LogP contribution in [0.3, 0.4) is 0 Å². The summed E-state index contributed by atoms with van der Waals surface area (Å²) in [5, 5.41) is 10.6. The van der Waals surface area contributed by atoms with Gasteiger partial charge in [-0.25, -0.2) is 0 Å². The molecule has 0 aliphatic rings.